The first-order chi connectivity index (χ1) is 14.4. The fourth-order valence-corrected chi connectivity index (χ4v) is 3.41. The van der Waals surface area contributed by atoms with Crippen LogP contribution in [0.2, 0.25) is 5.02 Å². The molecule has 1 aliphatic heterocycles. The lowest BCUT2D eigenvalue weighted by Gasteiger charge is -2.16. The zero-order valence-corrected chi connectivity index (χ0v) is 16.5. The molecule has 3 aromatic rings. The third-order valence-corrected chi connectivity index (χ3v) is 5.24. The second-order valence-corrected chi connectivity index (χ2v) is 7.12. The van der Waals surface area contributed by atoms with Crippen molar-refractivity contribution < 1.29 is 18.4 Å². The summed E-state index contributed by atoms with van der Waals surface area (Å²) in [5.41, 5.74) is 1.97. The Morgan fingerprint density at radius 3 is 2.07 bits per heavy atom. The standard InChI is InChI=1S/C23H15ClF2N2O2/c1-13-18(24)3-2-4-19(13)27-21-20(14-5-7-15(25)8-6-14)22(29)28(23(21)30)17-11-9-16(26)10-12-17/h2-12,27H,1H3. The molecule has 0 bridgehead atoms. The molecule has 0 spiro atoms. The van der Waals surface area contributed by atoms with Crippen LogP contribution in [0.25, 0.3) is 5.57 Å². The summed E-state index contributed by atoms with van der Waals surface area (Å²) < 4.78 is 26.8. The molecule has 0 unspecified atom stereocenters. The van der Waals surface area contributed by atoms with Crippen LogP contribution in [-0.4, -0.2) is 11.8 Å². The van der Waals surface area contributed by atoms with Gasteiger partial charge in [-0.1, -0.05) is 29.8 Å². The van der Waals surface area contributed by atoms with Gasteiger partial charge in [0.25, 0.3) is 11.8 Å². The molecule has 4 nitrogen and oxygen atoms in total. The van der Waals surface area contributed by atoms with Gasteiger partial charge in [0.1, 0.15) is 17.3 Å². The summed E-state index contributed by atoms with van der Waals surface area (Å²) in [5.74, 6) is -2.16. The summed E-state index contributed by atoms with van der Waals surface area (Å²) in [7, 11) is 0. The Hall–Kier alpha value is -3.51. The molecule has 4 rings (SSSR count). The number of carbonyl (C=O) groups is 2. The van der Waals surface area contributed by atoms with Crippen molar-refractivity contribution in [1.29, 1.82) is 0 Å². The van der Waals surface area contributed by atoms with Gasteiger partial charge >= 0.3 is 0 Å². The summed E-state index contributed by atoms with van der Waals surface area (Å²) in [6.45, 7) is 1.78. The van der Waals surface area contributed by atoms with E-state index in [1.54, 1.807) is 25.1 Å². The number of hydrogen-bond donors (Lipinski definition) is 1. The second kappa shape index (κ2) is 7.72. The number of benzene rings is 3. The lowest BCUT2D eigenvalue weighted by Crippen LogP contribution is -2.32. The first kappa shape index (κ1) is 19.8. The number of carbonyl (C=O) groups excluding carboxylic acids is 2. The molecule has 1 N–H and O–H groups in total. The molecule has 0 radical (unpaired) electrons. The number of halogens is 3. The van der Waals surface area contributed by atoms with E-state index < -0.39 is 23.4 Å². The molecule has 3 aromatic carbocycles. The maximum atomic E-state index is 13.4. The van der Waals surface area contributed by atoms with Crippen molar-refractivity contribution in [3.05, 3.63) is 100 Å². The minimum atomic E-state index is -0.606. The van der Waals surface area contributed by atoms with Gasteiger partial charge in [-0.2, -0.15) is 0 Å². The topological polar surface area (TPSA) is 49.4 Å². The summed E-state index contributed by atoms with van der Waals surface area (Å²) in [6, 6.07) is 15.5. The predicted molar refractivity (Wildman–Crippen MR) is 112 cm³/mol. The van der Waals surface area contributed by atoms with Gasteiger partial charge in [0, 0.05) is 10.7 Å². The second-order valence-electron chi connectivity index (χ2n) is 6.72. The Balaban J connectivity index is 1.84. The van der Waals surface area contributed by atoms with E-state index in [0.29, 0.717) is 21.8 Å². The van der Waals surface area contributed by atoms with Gasteiger partial charge in [0.15, 0.2) is 0 Å². The van der Waals surface area contributed by atoms with Gasteiger partial charge in [-0.25, -0.2) is 13.7 Å². The summed E-state index contributed by atoms with van der Waals surface area (Å²) in [4.78, 5) is 27.4. The molecular weight excluding hydrogens is 410 g/mol. The van der Waals surface area contributed by atoms with Crippen LogP contribution in [0.15, 0.2) is 72.4 Å². The van der Waals surface area contributed by atoms with Crippen LogP contribution in [0.5, 0.6) is 0 Å². The molecule has 0 aromatic heterocycles. The molecule has 150 valence electrons. The van der Waals surface area contributed by atoms with Crippen molar-refractivity contribution in [2.75, 3.05) is 10.2 Å². The number of nitrogens with one attached hydrogen (secondary N) is 1. The zero-order chi connectivity index (χ0) is 21.4. The Morgan fingerprint density at radius 1 is 0.833 bits per heavy atom. The number of hydrogen-bond acceptors (Lipinski definition) is 3. The Labute approximate surface area is 176 Å². The summed E-state index contributed by atoms with van der Waals surface area (Å²) in [6.07, 6.45) is 0. The number of nitrogens with zero attached hydrogens (tertiary/aromatic N) is 1. The average Bonchev–Trinajstić information content (AvgIpc) is 2.97. The quantitative estimate of drug-likeness (QED) is 0.576. The third-order valence-electron chi connectivity index (χ3n) is 4.83. The predicted octanol–water partition coefficient (Wildman–Crippen LogP) is 5.32. The van der Waals surface area contributed by atoms with Crippen molar-refractivity contribution >= 4 is 40.4 Å². The van der Waals surface area contributed by atoms with Gasteiger partial charge in [-0.15, -0.1) is 0 Å². The lowest BCUT2D eigenvalue weighted by atomic mass is 10.0. The molecular formula is C23H15ClF2N2O2. The highest BCUT2D eigenvalue weighted by atomic mass is 35.5. The molecule has 1 heterocycles. The highest BCUT2D eigenvalue weighted by Gasteiger charge is 2.40. The lowest BCUT2D eigenvalue weighted by molar-refractivity contribution is -0.120. The van der Waals surface area contributed by atoms with Crippen LogP contribution in [0.1, 0.15) is 11.1 Å². The highest BCUT2D eigenvalue weighted by Crippen LogP contribution is 2.35. The number of amides is 2. The van der Waals surface area contributed by atoms with Crippen molar-refractivity contribution in [3.63, 3.8) is 0 Å². The van der Waals surface area contributed by atoms with Crippen LogP contribution in [0.3, 0.4) is 0 Å². The van der Waals surface area contributed by atoms with Crippen LogP contribution >= 0.6 is 11.6 Å². The minimum absolute atomic E-state index is 0.0290. The summed E-state index contributed by atoms with van der Waals surface area (Å²) in [5, 5.41) is 3.52. The molecule has 0 atom stereocenters. The molecule has 2 amide bonds. The molecule has 0 saturated heterocycles. The number of imide groups is 1. The first-order valence-electron chi connectivity index (χ1n) is 9.03. The van der Waals surface area contributed by atoms with Gasteiger partial charge < -0.3 is 5.32 Å². The van der Waals surface area contributed by atoms with Gasteiger partial charge in [-0.05, 0) is 66.6 Å². The van der Waals surface area contributed by atoms with Crippen molar-refractivity contribution in [2.24, 2.45) is 0 Å². The number of rotatable bonds is 4. The Morgan fingerprint density at radius 2 is 1.43 bits per heavy atom. The molecule has 30 heavy (non-hydrogen) atoms. The van der Waals surface area contributed by atoms with Gasteiger partial charge in [-0.3, -0.25) is 9.59 Å². The first-order valence-corrected chi connectivity index (χ1v) is 9.41. The van der Waals surface area contributed by atoms with Crippen LogP contribution in [0.4, 0.5) is 20.2 Å². The SMILES string of the molecule is Cc1c(Cl)cccc1NC1=C(c2ccc(F)cc2)C(=O)N(c2ccc(F)cc2)C1=O. The summed E-state index contributed by atoms with van der Waals surface area (Å²) >= 11 is 6.18. The fraction of sp³-hybridized carbons (Fsp3) is 0.0435. The average molecular weight is 425 g/mol. The molecule has 1 aliphatic rings. The van der Waals surface area contributed by atoms with E-state index in [0.717, 1.165) is 4.90 Å². The van der Waals surface area contributed by atoms with Crippen LogP contribution in [0, 0.1) is 18.6 Å². The van der Waals surface area contributed by atoms with E-state index in [-0.39, 0.29) is 17.0 Å². The molecule has 0 fully saturated rings. The Kier molecular flexibility index (Phi) is 5.10. The monoisotopic (exact) mass is 424 g/mol. The van der Waals surface area contributed by atoms with Gasteiger partial charge in [0.2, 0.25) is 0 Å². The molecule has 0 aliphatic carbocycles. The van der Waals surface area contributed by atoms with E-state index >= 15 is 0 Å². The zero-order valence-electron chi connectivity index (χ0n) is 15.7. The normalized spacial score (nSPS) is 13.9. The maximum absolute atomic E-state index is 13.4. The Bertz CT molecular complexity index is 1190. The third kappa shape index (κ3) is 3.46. The van der Waals surface area contributed by atoms with Crippen LogP contribution < -0.4 is 10.2 Å². The highest BCUT2D eigenvalue weighted by molar-refractivity contribution is 6.46. The smallest absolute Gasteiger partial charge is 0.282 e. The van der Waals surface area contributed by atoms with Crippen molar-refractivity contribution in [3.8, 4) is 0 Å². The minimum Gasteiger partial charge on any atom is -0.350 e. The molecule has 0 saturated carbocycles. The largest absolute Gasteiger partial charge is 0.350 e. The van der Waals surface area contributed by atoms with Gasteiger partial charge in [0.05, 0.1) is 11.3 Å². The fourth-order valence-electron chi connectivity index (χ4n) is 3.23. The van der Waals surface area contributed by atoms with Crippen LogP contribution in [-0.2, 0) is 9.59 Å². The van der Waals surface area contributed by atoms with Crippen molar-refractivity contribution in [1.82, 2.24) is 0 Å². The van der Waals surface area contributed by atoms with E-state index in [1.807, 2.05) is 0 Å². The van der Waals surface area contributed by atoms with Crippen molar-refractivity contribution in [2.45, 2.75) is 6.92 Å². The maximum Gasteiger partial charge on any atom is 0.282 e. The van der Waals surface area contributed by atoms with E-state index in [1.165, 1.54) is 48.5 Å². The van der Waals surface area contributed by atoms with E-state index in [9.17, 15) is 18.4 Å². The van der Waals surface area contributed by atoms with E-state index in [2.05, 4.69) is 5.32 Å². The number of anilines is 2. The van der Waals surface area contributed by atoms with E-state index in [4.69, 9.17) is 11.6 Å². The molecule has 7 heteroatoms.